The average molecular weight is 484 g/mol. The molecule has 5 atom stereocenters. The molecule has 0 saturated heterocycles. The van der Waals surface area contributed by atoms with Crippen molar-refractivity contribution < 1.29 is 28.5 Å². The lowest BCUT2D eigenvalue weighted by molar-refractivity contribution is -0.115. The van der Waals surface area contributed by atoms with Crippen LogP contribution in [-0.2, 0) is 0 Å². The number of nitrogens with zero attached hydrogens (tertiary/aromatic N) is 3. The normalized spacial score (nSPS) is 24.2. The fourth-order valence-electron chi connectivity index (χ4n) is 4.04. The molecule has 1 aliphatic carbocycles. The van der Waals surface area contributed by atoms with Crippen LogP contribution in [0, 0.1) is 12.8 Å². The summed E-state index contributed by atoms with van der Waals surface area (Å²) in [6.45, 7) is 1.87. The molecule has 2 aromatic heterocycles. The molecule has 1 aliphatic rings. The molecule has 1 aromatic carbocycles. The molecule has 178 valence electrons. The van der Waals surface area contributed by atoms with Gasteiger partial charge in [0.1, 0.15) is 23.5 Å². The van der Waals surface area contributed by atoms with E-state index >= 15 is 0 Å². The van der Waals surface area contributed by atoms with Gasteiger partial charge in [-0.3, -0.25) is 0 Å². The first-order chi connectivity index (χ1) is 15.5. The number of nitrogens with one attached hydrogen (secondary N) is 2. The molecule has 1 saturated carbocycles. The highest BCUT2D eigenvalue weighted by atomic mass is 32.1. The number of halogens is 3. The summed E-state index contributed by atoms with van der Waals surface area (Å²) in [4.78, 5) is 13.1. The summed E-state index contributed by atoms with van der Waals surface area (Å²) in [5.74, 6) is -0.597. The topological polar surface area (TPSA) is 123 Å². The average Bonchev–Trinajstić information content (AvgIpc) is 3.28. The zero-order valence-corrected chi connectivity index (χ0v) is 18.7. The molecule has 0 radical (unpaired) electrons. The van der Waals surface area contributed by atoms with Gasteiger partial charge in [0, 0.05) is 5.92 Å². The molecule has 0 spiro atoms. The van der Waals surface area contributed by atoms with Crippen molar-refractivity contribution in [3.05, 3.63) is 30.0 Å². The summed E-state index contributed by atoms with van der Waals surface area (Å²) in [5.41, 5.74) is 1.65. The van der Waals surface area contributed by atoms with E-state index < -0.39 is 43.0 Å². The zero-order chi connectivity index (χ0) is 23.9. The van der Waals surface area contributed by atoms with Gasteiger partial charge in [-0.05, 0) is 32.4 Å². The number of aliphatic hydroxyl groups is 3. The smallest absolute Gasteiger partial charge is 0.393 e. The molecule has 4 rings (SSSR count). The van der Waals surface area contributed by atoms with Crippen LogP contribution in [-0.4, -0.2) is 67.3 Å². The Morgan fingerprint density at radius 1 is 1.15 bits per heavy atom. The van der Waals surface area contributed by atoms with Crippen molar-refractivity contribution in [3.63, 3.8) is 0 Å². The molecule has 0 amide bonds. The van der Waals surface area contributed by atoms with Gasteiger partial charge < -0.3 is 26.0 Å². The number of anilines is 2. The van der Waals surface area contributed by atoms with Gasteiger partial charge in [-0.1, -0.05) is 12.1 Å². The Labute approximate surface area is 191 Å². The molecule has 5 N–H and O–H groups in total. The number of rotatable bonds is 6. The predicted octanol–water partition coefficient (Wildman–Crippen LogP) is 2.94. The minimum atomic E-state index is -4.45. The van der Waals surface area contributed by atoms with Crippen LogP contribution in [0.5, 0.6) is 0 Å². The molecule has 33 heavy (non-hydrogen) atoms. The number of para-hydroxylation sites is 1. The van der Waals surface area contributed by atoms with Crippen LogP contribution < -0.4 is 10.6 Å². The predicted molar refractivity (Wildman–Crippen MR) is 119 cm³/mol. The highest BCUT2D eigenvalue weighted by Gasteiger charge is 2.44. The second-order valence-electron chi connectivity index (χ2n) is 8.18. The van der Waals surface area contributed by atoms with Crippen LogP contribution in [0.15, 0.2) is 24.3 Å². The first-order valence-corrected chi connectivity index (χ1v) is 11.2. The summed E-state index contributed by atoms with van der Waals surface area (Å²) >= 11 is 1.38. The van der Waals surface area contributed by atoms with Crippen molar-refractivity contribution in [1.29, 1.82) is 0 Å². The van der Waals surface area contributed by atoms with E-state index in [4.69, 9.17) is 0 Å². The van der Waals surface area contributed by atoms with Crippen molar-refractivity contribution in [3.8, 4) is 10.6 Å². The molecule has 2 unspecified atom stereocenters. The van der Waals surface area contributed by atoms with Gasteiger partial charge >= 0.3 is 6.18 Å². The molecule has 12 heteroatoms. The number of hydrogen-bond donors (Lipinski definition) is 5. The van der Waals surface area contributed by atoms with Gasteiger partial charge in [-0.15, -0.1) is 11.3 Å². The lowest BCUT2D eigenvalue weighted by Gasteiger charge is -2.21. The van der Waals surface area contributed by atoms with Crippen molar-refractivity contribution in [1.82, 2.24) is 15.0 Å². The molecule has 2 heterocycles. The first-order valence-electron chi connectivity index (χ1n) is 10.4. The van der Waals surface area contributed by atoms with E-state index in [0.29, 0.717) is 16.3 Å². The molecule has 1 fully saturated rings. The fraction of sp³-hybridized carbons (Fsp3) is 0.476. The van der Waals surface area contributed by atoms with Gasteiger partial charge in [0.15, 0.2) is 0 Å². The van der Waals surface area contributed by atoms with E-state index in [9.17, 15) is 28.5 Å². The summed E-state index contributed by atoms with van der Waals surface area (Å²) in [7, 11) is 0. The summed E-state index contributed by atoms with van der Waals surface area (Å²) in [6.07, 6.45) is -7.41. The highest BCUT2D eigenvalue weighted by Crippen LogP contribution is 2.38. The Morgan fingerprint density at radius 2 is 1.88 bits per heavy atom. The van der Waals surface area contributed by atoms with E-state index in [1.54, 1.807) is 6.92 Å². The van der Waals surface area contributed by atoms with Crippen molar-refractivity contribution in [2.45, 2.75) is 50.8 Å². The lowest BCUT2D eigenvalue weighted by Crippen LogP contribution is -2.36. The van der Waals surface area contributed by atoms with E-state index in [1.807, 2.05) is 24.3 Å². The number of thiazole rings is 1. The number of aliphatic hydroxyl groups excluding tert-OH is 3. The van der Waals surface area contributed by atoms with Crippen molar-refractivity contribution in [2.75, 3.05) is 17.2 Å². The number of alkyl halides is 3. The number of aryl methyl sites for hydroxylation is 1. The minimum absolute atomic E-state index is 0.189. The fourth-order valence-corrected chi connectivity index (χ4v) is 5.10. The lowest BCUT2D eigenvalue weighted by atomic mass is 10.00. The quantitative estimate of drug-likeness (QED) is 0.363. The number of hydrogen-bond acceptors (Lipinski definition) is 9. The Kier molecular flexibility index (Phi) is 6.45. The second-order valence-corrected chi connectivity index (χ2v) is 9.21. The van der Waals surface area contributed by atoms with Crippen molar-refractivity contribution >= 4 is 33.3 Å². The van der Waals surface area contributed by atoms with Crippen LogP contribution in [0.3, 0.4) is 0 Å². The van der Waals surface area contributed by atoms with Crippen LogP contribution in [0.1, 0.15) is 19.0 Å². The third-order valence-corrected chi connectivity index (χ3v) is 6.77. The van der Waals surface area contributed by atoms with E-state index in [0.717, 1.165) is 10.2 Å². The van der Waals surface area contributed by atoms with Gasteiger partial charge in [-0.2, -0.15) is 18.2 Å². The standard InChI is InChI=1S/C21H24F3N5O3S/c1-9-15(19-28-12-5-3-4-6-14(12)33-19)18(29-20(26-9)25-8-21(22,23)24)27-13-7-11(10(2)30)16(31)17(13)32/h3-6,10-11,13,16-17,30-32H,7-8H2,1-2H3,(H2,25,26,27,29)/t10?,11?,13-,16-,17+/m1/s1. The monoisotopic (exact) mass is 483 g/mol. The maximum Gasteiger partial charge on any atom is 0.405 e. The number of fused-ring (bicyclic) bond motifs is 1. The molecular weight excluding hydrogens is 459 g/mol. The van der Waals surface area contributed by atoms with Gasteiger partial charge in [0.25, 0.3) is 0 Å². The summed E-state index contributed by atoms with van der Waals surface area (Å²) < 4.78 is 39.1. The SMILES string of the molecule is Cc1nc(NCC(F)(F)F)nc(N[C@@H]2CC(C(C)O)[C@@H](O)[C@H]2O)c1-c1nc2ccccc2s1. The summed E-state index contributed by atoms with van der Waals surface area (Å²) in [6, 6.07) is 6.80. The molecule has 0 aliphatic heterocycles. The Balaban J connectivity index is 1.74. The third-order valence-electron chi connectivity index (χ3n) is 5.71. The molecular formula is C21H24F3N5O3S. The Bertz CT molecular complexity index is 1110. The van der Waals surface area contributed by atoms with Crippen LogP contribution in [0.2, 0.25) is 0 Å². The first kappa shape index (κ1) is 23.6. The zero-order valence-electron chi connectivity index (χ0n) is 17.8. The number of aromatic nitrogens is 3. The van der Waals surface area contributed by atoms with Crippen LogP contribution in [0.25, 0.3) is 20.8 Å². The Hall–Kier alpha value is -2.54. The van der Waals surface area contributed by atoms with E-state index in [2.05, 4.69) is 25.6 Å². The second kappa shape index (κ2) is 9.01. The van der Waals surface area contributed by atoms with Gasteiger partial charge in [0.2, 0.25) is 5.95 Å². The van der Waals surface area contributed by atoms with E-state index in [1.165, 1.54) is 18.3 Å². The van der Waals surface area contributed by atoms with Crippen LogP contribution >= 0.6 is 11.3 Å². The molecule has 3 aromatic rings. The molecule has 8 nitrogen and oxygen atoms in total. The maximum absolute atomic E-state index is 12.7. The highest BCUT2D eigenvalue weighted by molar-refractivity contribution is 7.21. The number of benzene rings is 1. The third kappa shape index (κ3) is 5.03. The van der Waals surface area contributed by atoms with Gasteiger partial charge in [0.05, 0.1) is 39.7 Å². The maximum atomic E-state index is 12.7. The minimum Gasteiger partial charge on any atom is -0.393 e. The van der Waals surface area contributed by atoms with Crippen LogP contribution in [0.4, 0.5) is 24.9 Å². The Morgan fingerprint density at radius 3 is 2.52 bits per heavy atom. The molecule has 0 bridgehead atoms. The summed E-state index contributed by atoms with van der Waals surface area (Å²) in [5, 5.41) is 36.6. The van der Waals surface area contributed by atoms with Gasteiger partial charge in [-0.25, -0.2) is 9.97 Å². The van der Waals surface area contributed by atoms with Crippen molar-refractivity contribution in [2.24, 2.45) is 5.92 Å². The van der Waals surface area contributed by atoms with E-state index in [-0.39, 0.29) is 18.2 Å². The largest absolute Gasteiger partial charge is 0.405 e.